The third kappa shape index (κ3) is 65.1. The Morgan fingerprint density at radius 1 is 0.263 bits per heavy atom. The van der Waals surface area contributed by atoms with Crippen LogP contribution in [-0.4, -0.2) is 37.2 Å². The Labute approximate surface area is 496 Å². The van der Waals surface area contributed by atoms with Gasteiger partial charge in [-0.2, -0.15) is 0 Å². The monoisotopic (exact) mass is 1110 g/mol. The zero-order valence-electron chi connectivity index (χ0n) is 52.8. The van der Waals surface area contributed by atoms with Crippen molar-refractivity contribution >= 4 is 17.9 Å². The van der Waals surface area contributed by atoms with E-state index in [-0.39, 0.29) is 31.1 Å². The van der Waals surface area contributed by atoms with Crippen LogP contribution >= 0.6 is 0 Å². The smallest absolute Gasteiger partial charge is 0.306 e. The van der Waals surface area contributed by atoms with E-state index in [4.69, 9.17) is 14.2 Å². The fourth-order valence-corrected chi connectivity index (χ4v) is 9.71. The lowest BCUT2D eigenvalue weighted by atomic mass is 10.0. The van der Waals surface area contributed by atoms with Crippen LogP contribution in [0.25, 0.3) is 0 Å². The van der Waals surface area contributed by atoms with E-state index < -0.39 is 6.10 Å². The molecule has 0 aliphatic carbocycles. The van der Waals surface area contributed by atoms with Crippen molar-refractivity contribution in [3.8, 4) is 0 Å². The number of hydrogen-bond donors (Lipinski definition) is 0. The van der Waals surface area contributed by atoms with Crippen molar-refractivity contribution in [1.82, 2.24) is 0 Å². The zero-order valence-corrected chi connectivity index (χ0v) is 52.8. The Morgan fingerprint density at radius 2 is 0.487 bits per heavy atom. The number of unbranched alkanes of at least 4 members (excludes halogenated alkanes) is 35. The summed E-state index contributed by atoms with van der Waals surface area (Å²) in [5.74, 6) is -0.917. The Morgan fingerprint density at radius 3 is 0.787 bits per heavy atom. The standard InChI is InChI=1S/C74H128O6/c1-4-7-10-13-16-19-22-25-28-30-32-34-36-37-39-40-42-44-46-49-52-55-58-61-64-67-73(76)79-70-71(69-78-72(75)66-63-60-57-54-51-48-27-24-21-18-15-12-9-6-3)80-74(77)68-65-62-59-56-53-50-47-45-43-41-38-35-33-31-29-26-23-20-17-14-11-8-5-2/h7,10,16,19,24-25,27-28,32,34,37,39,42,44,49,52,71H,4-6,8-9,11-15,17-18,20-23,26,29-31,33,35-36,38,40-41,43,45-48,50-51,53-70H2,1-3H3/b10-7-,19-16-,27-24-,28-25-,34-32-,39-37-,44-42-,52-49-. The van der Waals surface area contributed by atoms with Crippen molar-refractivity contribution in [2.45, 2.75) is 341 Å². The van der Waals surface area contributed by atoms with Crippen molar-refractivity contribution in [2.75, 3.05) is 13.2 Å². The van der Waals surface area contributed by atoms with Gasteiger partial charge in [0, 0.05) is 19.3 Å². The first kappa shape index (κ1) is 76.3. The molecule has 6 nitrogen and oxygen atoms in total. The predicted molar refractivity (Wildman–Crippen MR) is 348 cm³/mol. The van der Waals surface area contributed by atoms with E-state index in [0.29, 0.717) is 19.3 Å². The van der Waals surface area contributed by atoms with Crippen molar-refractivity contribution < 1.29 is 28.6 Å². The molecule has 0 aliphatic rings. The van der Waals surface area contributed by atoms with E-state index in [1.54, 1.807) is 0 Å². The SMILES string of the molecule is CC/C=C\C/C=C\C/C=C\C/C=C\C/C=C\C/C=C\C/C=C\CCCCCC(=O)OCC(COC(=O)CCCCCCC/C=C\CCCCCCC)OC(=O)CCCCCCCCCCCCCCCCCCCCCCCCC. The maximum Gasteiger partial charge on any atom is 0.306 e. The summed E-state index contributed by atoms with van der Waals surface area (Å²) in [5, 5.41) is 0. The molecule has 460 valence electrons. The molecule has 0 heterocycles. The molecule has 0 amide bonds. The molecule has 0 aromatic heterocycles. The first-order valence-electron chi connectivity index (χ1n) is 34.2. The van der Waals surface area contributed by atoms with Crippen molar-refractivity contribution in [2.24, 2.45) is 0 Å². The first-order valence-corrected chi connectivity index (χ1v) is 34.2. The average Bonchev–Trinajstić information content (AvgIpc) is 3.46. The Balaban J connectivity index is 4.39. The van der Waals surface area contributed by atoms with E-state index in [1.165, 1.54) is 180 Å². The highest BCUT2D eigenvalue weighted by atomic mass is 16.6. The summed E-state index contributed by atoms with van der Waals surface area (Å²) in [6, 6.07) is 0. The van der Waals surface area contributed by atoms with Gasteiger partial charge in [-0.3, -0.25) is 14.4 Å². The minimum Gasteiger partial charge on any atom is -0.462 e. The molecule has 0 radical (unpaired) electrons. The lowest BCUT2D eigenvalue weighted by molar-refractivity contribution is -0.167. The second-order valence-electron chi connectivity index (χ2n) is 22.7. The number of allylic oxidation sites excluding steroid dienone is 16. The molecule has 0 rings (SSSR count). The summed E-state index contributed by atoms with van der Waals surface area (Å²) < 4.78 is 16.9. The van der Waals surface area contributed by atoms with E-state index in [9.17, 15) is 14.4 Å². The lowest BCUT2D eigenvalue weighted by Gasteiger charge is -2.18. The number of esters is 3. The highest BCUT2D eigenvalue weighted by Gasteiger charge is 2.19. The van der Waals surface area contributed by atoms with Gasteiger partial charge in [0.15, 0.2) is 6.10 Å². The summed E-state index contributed by atoms with van der Waals surface area (Å²) in [7, 11) is 0. The molecule has 80 heavy (non-hydrogen) atoms. The van der Waals surface area contributed by atoms with Crippen LogP contribution in [0, 0.1) is 0 Å². The number of carbonyl (C=O) groups excluding carboxylic acids is 3. The van der Waals surface area contributed by atoms with Gasteiger partial charge in [0.05, 0.1) is 0 Å². The fourth-order valence-electron chi connectivity index (χ4n) is 9.71. The predicted octanol–water partition coefficient (Wildman–Crippen LogP) is 23.6. The van der Waals surface area contributed by atoms with Crippen molar-refractivity contribution in [3.63, 3.8) is 0 Å². The van der Waals surface area contributed by atoms with Gasteiger partial charge in [0.25, 0.3) is 0 Å². The average molecular weight is 1110 g/mol. The van der Waals surface area contributed by atoms with Crippen LogP contribution in [-0.2, 0) is 28.6 Å². The second kappa shape index (κ2) is 67.8. The third-order valence-corrected chi connectivity index (χ3v) is 14.8. The van der Waals surface area contributed by atoms with Crippen LogP contribution in [0.4, 0.5) is 0 Å². The van der Waals surface area contributed by atoms with Gasteiger partial charge in [-0.25, -0.2) is 0 Å². The van der Waals surface area contributed by atoms with Gasteiger partial charge in [-0.1, -0.05) is 311 Å². The summed E-state index contributed by atoms with van der Waals surface area (Å²) in [6.45, 7) is 6.52. The van der Waals surface area contributed by atoms with Crippen LogP contribution in [0.5, 0.6) is 0 Å². The molecule has 0 saturated carbocycles. The molecule has 1 unspecified atom stereocenters. The topological polar surface area (TPSA) is 78.9 Å². The van der Waals surface area contributed by atoms with Crippen LogP contribution in [0.3, 0.4) is 0 Å². The Bertz CT molecular complexity index is 1560. The van der Waals surface area contributed by atoms with Gasteiger partial charge in [-0.15, -0.1) is 0 Å². The van der Waals surface area contributed by atoms with Crippen LogP contribution in [0.1, 0.15) is 335 Å². The van der Waals surface area contributed by atoms with Gasteiger partial charge in [0.1, 0.15) is 13.2 Å². The molecule has 0 aromatic carbocycles. The molecule has 1 atom stereocenters. The normalized spacial score (nSPS) is 12.7. The number of rotatable bonds is 62. The largest absolute Gasteiger partial charge is 0.462 e. The molecule has 0 aromatic rings. The number of ether oxygens (including phenoxy) is 3. The van der Waals surface area contributed by atoms with Crippen molar-refractivity contribution in [3.05, 3.63) is 97.2 Å². The molecule has 0 aliphatic heterocycles. The molecule has 0 N–H and O–H groups in total. The Hall–Kier alpha value is -3.67. The highest BCUT2D eigenvalue weighted by Crippen LogP contribution is 2.17. The molecular formula is C74H128O6. The van der Waals surface area contributed by atoms with Gasteiger partial charge in [0.2, 0.25) is 0 Å². The zero-order chi connectivity index (χ0) is 57.8. The fraction of sp³-hybridized carbons (Fsp3) is 0.743. The molecular weight excluding hydrogens is 985 g/mol. The summed E-state index contributed by atoms with van der Waals surface area (Å²) in [5.41, 5.74) is 0. The molecule has 0 saturated heterocycles. The summed E-state index contributed by atoms with van der Waals surface area (Å²) in [6.07, 6.45) is 91.4. The maximum atomic E-state index is 12.9. The van der Waals surface area contributed by atoms with Gasteiger partial charge < -0.3 is 14.2 Å². The summed E-state index contributed by atoms with van der Waals surface area (Å²) in [4.78, 5) is 38.4. The maximum absolute atomic E-state index is 12.9. The minimum absolute atomic E-state index is 0.0902. The van der Waals surface area contributed by atoms with E-state index in [2.05, 4.69) is 118 Å². The van der Waals surface area contributed by atoms with Crippen LogP contribution < -0.4 is 0 Å². The Kier molecular flexibility index (Phi) is 64.7. The lowest BCUT2D eigenvalue weighted by Crippen LogP contribution is -2.30. The molecule has 0 fully saturated rings. The second-order valence-corrected chi connectivity index (χ2v) is 22.7. The highest BCUT2D eigenvalue weighted by molar-refractivity contribution is 5.71. The first-order chi connectivity index (χ1) is 39.5. The van der Waals surface area contributed by atoms with Gasteiger partial charge >= 0.3 is 17.9 Å². The summed E-state index contributed by atoms with van der Waals surface area (Å²) >= 11 is 0. The van der Waals surface area contributed by atoms with E-state index in [0.717, 1.165) is 116 Å². The number of carbonyl (C=O) groups is 3. The third-order valence-electron chi connectivity index (χ3n) is 14.8. The van der Waals surface area contributed by atoms with Crippen molar-refractivity contribution in [1.29, 1.82) is 0 Å². The number of hydrogen-bond acceptors (Lipinski definition) is 6. The molecule has 6 heteroatoms. The van der Waals surface area contributed by atoms with E-state index in [1.807, 2.05) is 0 Å². The molecule has 0 bridgehead atoms. The van der Waals surface area contributed by atoms with Gasteiger partial charge in [-0.05, 0) is 103 Å². The minimum atomic E-state index is -0.796. The molecule has 0 spiro atoms. The van der Waals surface area contributed by atoms with Crippen LogP contribution in [0.2, 0.25) is 0 Å². The van der Waals surface area contributed by atoms with E-state index >= 15 is 0 Å². The quantitative estimate of drug-likeness (QED) is 0.0261. The van der Waals surface area contributed by atoms with Crippen LogP contribution in [0.15, 0.2) is 97.2 Å².